The molecule has 1 rings (SSSR count). The van der Waals surface area contributed by atoms with Gasteiger partial charge in [-0.3, -0.25) is 0 Å². The van der Waals surface area contributed by atoms with Gasteiger partial charge in [0.15, 0.2) is 0 Å². The third kappa shape index (κ3) is 1.64. The second-order valence-corrected chi connectivity index (χ2v) is 2.93. The van der Waals surface area contributed by atoms with E-state index >= 15 is 0 Å². The Hall–Kier alpha value is -0.890. The second-order valence-electron chi connectivity index (χ2n) is 2.53. The molecule has 3 heteroatoms. The number of hydrogen-bond acceptors (Lipinski definition) is 1. The average molecular weight is 187 g/mol. The van der Waals surface area contributed by atoms with Crippen LogP contribution in [0.5, 0.6) is 0 Å². The van der Waals surface area contributed by atoms with Gasteiger partial charge in [0.25, 0.3) is 0 Å². The van der Waals surface area contributed by atoms with Crippen LogP contribution in [0.15, 0.2) is 12.1 Å². The van der Waals surface area contributed by atoms with Crippen LogP contribution in [0.1, 0.15) is 11.1 Å². The van der Waals surface area contributed by atoms with Crippen LogP contribution >= 0.6 is 11.6 Å². The van der Waals surface area contributed by atoms with E-state index in [1.165, 1.54) is 0 Å². The summed E-state index contributed by atoms with van der Waals surface area (Å²) in [5.41, 5.74) is 0.794. The van der Waals surface area contributed by atoms with Crippen LogP contribution in [-0.4, -0.2) is 6.29 Å². The number of rotatable bonds is 2. The Kier molecular flexibility index (Phi) is 2.82. The summed E-state index contributed by atoms with van der Waals surface area (Å²) >= 11 is 5.68. The number of aryl methyl sites for hydroxylation is 1. The van der Waals surface area contributed by atoms with Gasteiger partial charge in [0, 0.05) is 17.0 Å². The largest absolute Gasteiger partial charge is 0.303 e. The maximum Gasteiger partial charge on any atom is 0.131 e. The Balaban J connectivity index is 3.22. The maximum absolute atomic E-state index is 13.2. The van der Waals surface area contributed by atoms with Gasteiger partial charge in [0.05, 0.1) is 0 Å². The van der Waals surface area contributed by atoms with E-state index in [4.69, 9.17) is 11.6 Å². The summed E-state index contributed by atoms with van der Waals surface area (Å²) < 4.78 is 13.2. The quantitative estimate of drug-likeness (QED) is 0.649. The third-order valence-corrected chi connectivity index (χ3v) is 2.02. The van der Waals surface area contributed by atoms with Gasteiger partial charge < -0.3 is 4.79 Å². The lowest BCUT2D eigenvalue weighted by atomic mass is 10.1. The van der Waals surface area contributed by atoms with E-state index in [1.54, 1.807) is 19.1 Å². The van der Waals surface area contributed by atoms with E-state index < -0.39 is 0 Å². The second kappa shape index (κ2) is 3.68. The molecule has 0 heterocycles. The highest BCUT2D eigenvalue weighted by atomic mass is 35.5. The Labute approximate surface area is 75.2 Å². The van der Waals surface area contributed by atoms with Crippen LogP contribution in [0.25, 0.3) is 0 Å². The smallest absolute Gasteiger partial charge is 0.131 e. The van der Waals surface area contributed by atoms with Crippen molar-refractivity contribution in [3.05, 3.63) is 34.1 Å². The van der Waals surface area contributed by atoms with Crippen molar-refractivity contribution < 1.29 is 9.18 Å². The molecule has 0 aliphatic heterocycles. The lowest BCUT2D eigenvalue weighted by Gasteiger charge is -2.03. The topological polar surface area (TPSA) is 17.1 Å². The van der Waals surface area contributed by atoms with Gasteiger partial charge in [-0.15, -0.1) is 0 Å². The lowest BCUT2D eigenvalue weighted by Crippen LogP contribution is -1.95. The molecule has 0 atom stereocenters. The lowest BCUT2D eigenvalue weighted by molar-refractivity contribution is -0.107. The minimum Gasteiger partial charge on any atom is -0.303 e. The molecule has 64 valence electrons. The monoisotopic (exact) mass is 186 g/mol. The fourth-order valence-corrected chi connectivity index (χ4v) is 1.21. The van der Waals surface area contributed by atoms with Gasteiger partial charge in [-0.2, -0.15) is 0 Å². The molecule has 0 radical (unpaired) electrons. The summed E-state index contributed by atoms with van der Waals surface area (Å²) in [7, 11) is 0. The van der Waals surface area contributed by atoms with Crippen LogP contribution in [0.3, 0.4) is 0 Å². The van der Waals surface area contributed by atoms with Crippen molar-refractivity contribution in [3.63, 3.8) is 0 Å². The Morgan fingerprint density at radius 2 is 2.25 bits per heavy atom. The van der Waals surface area contributed by atoms with Gasteiger partial charge in [-0.1, -0.05) is 17.7 Å². The first-order valence-electron chi connectivity index (χ1n) is 3.54. The van der Waals surface area contributed by atoms with Gasteiger partial charge in [-0.25, -0.2) is 4.39 Å². The summed E-state index contributed by atoms with van der Waals surface area (Å²) in [6.45, 7) is 1.64. The summed E-state index contributed by atoms with van der Waals surface area (Å²) in [5.74, 6) is -0.380. The van der Waals surface area contributed by atoms with E-state index in [9.17, 15) is 9.18 Å². The van der Waals surface area contributed by atoms with Crippen molar-refractivity contribution in [3.8, 4) is 0 Å². The number of carbonyl (C=O) groups is 1. The number of benzene rings is 1. The molecule has 0 saturated heterocycles. The Morgan fingerprint density at radius 3 is 2.83 bits per heavy atom. The maximum atomic E-state index is 13.2. The molecular formula is C9H8ClFO. The fraction of sp³-hybridized carbons (Fsp3) is 0.222. The molecule has 12 heavy (non-hydrogen) atoms. The van der Waals surface area contributed by atoms with E-state index in [1.807, 2.05) is 0 Å². The molecule has 1 nitrogen and oxygen atoms in total. The van der Waals surface area contributed by atoms with Crippen LogP contribution in [-0.2, 0) is 11.2 Å². The summed E-state index contributed by atoms with van der Waals surface area (Å²) in [6, 6.07) is 3.19. The number of carbonyl (C=O) groups excluding carboxylic acids is 1. The predicted octanol–water partition coefficient (Wildman–Crippen LogP) is 2.53. The molecule has 0 aliphatic carbocycles. The van der Waals surface area contributed by atoms with Gasteiger partial charge in [0.1, 0.15) is 12.1 Å². The van der Waals surface area contributed by atoms with Crippen LogP contribution in [0.2, 0.25) is 5.02 Å². The Bertz CT molecular complexity index is 310. The first kappa shape index (κ1) is 9.20. The van der Waals surface area contributed by atoms with E-state index in [0.717, 1.165) is 0 Å². The molecular weight excluding hydrogens is 179 g/mol. The average Bonchev–Trinajstić information content (AvgIpc) is 2.06. The predicted molar refractivity (Wildman–Crippen MR) is 45.9 cm³/mol. The zero-order valence-electron chi connectivity index (χ0n) is 6.60. The van der Waals surface area contributed by atoms with E-state index in [-0.39, 0.29) is 17.8 Å². The molecule has 0 aromatic heterocycles. The van der Waals surface area contributed by atoms with Crippen molar-refractivity contribution in [2.45, 2.75) is 13.3 Å². The molecule has 0 saturated carbocycles. The number of halogens is 2. The highest BCUT2D eigenvalue weighted by Gasteiger charge is 2.08. The van der Waals surface area contributed by atoms with Gasteiger partial charge in [-0.05, 0) is 18.6 Å². The molecule has 0 bridgehead atoms. The minimum atomic E-state index is -0.380. The molecule has 0 N–H and O–H groups in total. The van der Waals surface area contributed by atoms with Crippen LogP contribution < -0.4 is 0 Å². The summed E-state index contributed by atoms with van der Waals surface area (Å²) in [4.78, 5) is 10.2. The van der Waals surface area contributed by atoms with Crippen molar-refractivity contribution in [1.82, 2.24) is 0 Å². The number of hydrogen-bond donors (Lipinski definition) is 0. The fourth-order valence-electron chi connectivity index (χ4n) is 0.985. The molecule has 1 aromatic carbocycles. The number of aldehydes is 1. The van der Waals surface area contributed by atoms with Gasteiger partial charge in [0.2, 0.25) is 0 Å². The molecule has 0 amide bonds. The highest BCUT2D eigenvalue weighted by Crippen LogP contribution is 2.21. The van der Waals surface area contributed by atoms with Crippen molar-refractivity contribution in [1.29, 1.82) is 0 Å². The molecule has 1 aromatic rings. The molecule has 0 unspecified atom stereocenters. The first-order valence-corrected chi connectivity index (χ1v) is 3.91. The highest BCUT2D eigenvalue weighted by molar-refractivity contribution is 6.31. The third-order valence-electron chi connectivity index (χ3n) is 1.67. The van der Waals surface area contributed by atoms with Gasteiger partial charge >= 0.3 is 0 Å². The van der Waals surface area contributed by atoms with Crippen molar-refractivity contribution in [2.24, 2.45) is 0 Å². The molecule has 0 fully saturated rings. The minimum absolute atomic E-state index is 0.0341. The Morgan fingerprint density at radius 1 is 1.58 bits per heavy atom. The standard InChI is InChI=1S/C9H8ClFO/c1-6-2-3-8(10)7(4-5-12)9(6)11/h2-3,5H,4H2,1H3. The van der Waals surface area contributed by atoms with Crippen molar-refractivity contribution in [2.75, 3.05) is 0 Å². The first-order chi connectivity index (χ1) is 5.66. The van der Waals surface area contributed by atoms with E-state index in [2.05, 4.69) is 0 Å². The zero-order valence-corrected chi connectivity index (χ0v) is 7.36. The van der Waals surface area contributed by atoms with Crippen LogP contribution in [0, 0.1) is 12.7 Å². The SMILES string of the molecule is Cc1ccc(Cl)c(CC=O)c1F. The van der Waals surface area contributed by atoms with Crippen molar-refractivity contribution >= 4 is 17.9 Å². The summed E-state index contributed by atoms with van der Waals surface area (Å²) in [5, 5.41) is 0.310. The zero-order chi connectivity index (χ0) is 9.14. The normalized spacial score (nSPS) is 9.92. The van der Waals surface area contributed by atoms with Crippen LogP contribution in [0.4, 0.5) is 4.39 Å². The summed E-state index contributed by atoms with van der Waals surface area (Å²) in [6.07, 6.45) is 0.677. The molecule has 0 aliphatic rings. The molecule has 0 spiro atoms. The van der Waals surface area contributed by atoms with E-state index in [0.29, 0.717) is 16.9 Å².